The number of aliphatic imine (C=N–C) groups is 1. The second-order valence-electron chi connectivity index (χ2n) is 8.13. The molecule has 0 bridgehead atoms. The Hall–Kier alpha value is -3.85. The molecule has 0 saturated carbocycles. The van der Waals surface area contributed by atoms with E-state index in [9.17, 15) is 14.9 Å². The number of amides is 1. The smallest absolute Gasteiger partial charge is 0.286 e. The summed E-state index contributed by atoms with van der Waals surface area (Å²) in [6.07, 6.45) is 1.70. The minimum Gasteiger partial charge on any atom is -0.457 e. The molecule has 172 valence electrons. The summed E-state index contributed by atoms with van der Waals surface area (Å²) >= 11 is 1.36. The Labute approximate surface area is 200 Å². The van der Waals surface area contributed by atoms with Gasteiger partial charge in [0.2, 0.25) is 0 Å². The molecule has 0 radical (unpaired) electrons. The molecule has 8 nitrogen and oxygen atoms in total. The lowest BCUT2D eigenvalue weighted by molar-refractivity contribution is -0.384. The number of piperazine rings is 1. The van der Waals surface area contributed by atoms with Crippen LogP contribution in [0, 0.1) is 17.0 Å². The zero-order valence-corrected chi connectivity index (χ0v) is 19.3. The number of rotatable bonds is 4. The highest BCUT2D eigenvalue weighted by atomic mass is 32.2. The first kappa shape index (κ1) is 22.0. The molecule has 3 aromatic rings. The molecule has 1 fully saturated rings. The standard InChI is InChI=1S/C25H22N4O4S/c1-17-2-6-19(7-3-17)27-12-14-28(15-13-27)25-26-24(30)23(34-25)16-21-10-11-22(33-21)18-4-8-20(9-5-18)29(31)32/h2-11,16H,12-15H2,1H3/b23-16+. The fourth-order valence-electron chi connectivity index (χ4n) is 3.91. The van der Waals surface area contributed by atoms with Crippen LogP contribution in [0.1, 0.15) is 11.3 Å². The van der Waals surface area contributed by atoms with E-state index in [4.69, 9.17) is 4.42 Å². The van der Waals surface area contributed by atoms with Crippen LogP contribution in [0.4, 0.5) is 11.4 Å². The van der Waals surface area contributed by atoms with Gasteiger partial charge in [0.05, 0.1) is 9.83 Å². The Balaban J connectivity index is 1.22. The fraction of sp³-hybridized carbons (Fsp3) is 0.200. The number of carbonyl (C=O) groups is 1. The number of nitrogens with zero attached hydrogens (tertiary/aromatic N) is 4. The first-order valence-electron chi connectivity index (χ1n) is 10.9. The van der Waals surface area contributed by atoms with Crippen LogP contribution in [-0.2, 0) is 4.79 Å². The second kappa shape index (κ2) is 9.18. The van der Waals surface area contributed by atoms with Crippen LogP contribution in [0.15, 0.2) is 75.0 Å². The van der Waals surface area contributed by atoms with Crippen molar-refractivity contribution >= 4 is 40.3 Å². The van der Waals surface area contributed by atoms with Crippen molar-refractivity contribution in [2.75, 3.05) is 31.1 Å². The van der Waals surface area contributed by atoms with Gasteiger partial charge in [0.15, 0.2) is 5.17 Å². The largest absolute Gasteiger partial charge is 0.457 e. The summed E-state index contributed by atoms with van der Waals surface area (Å²) in [5.41, 5.74) is 3.21. The molecule has 34 heavy (non-hydrogen) atoms. The Morgan fingerprint density at radius 2 is 1.65 bits per heavy atom. The van der Waals surface area contributed by atoms with E-state index < -0.39 is 4.92 Å². The molecule has 0 spiro atoms. The Kier molecular flexibility index (Phi) is 5.93. The average Bonchev–Trinajstić information content (AvgIpc) is 3.47. The highest BCUT2D eigenvalue weighted by molar-refractivity contribution is 8.18. The number of amidine groups is 1. The molecular weight excluding hydrogens is 452 g/mol. The molecule has 1 saturated heterocycles. The van der Waals surface area contributed by atoms with Gasteiger partial charge in [-0.25, -0.2) is 0 Å². The van der Waals surface area contributed by atoms with Gasteiger partial charge in [-0.15, -0.1) is 0 Å². The Morgan fingerprint density at radius 3 is 2.32 bits per heavy atom. The van der Waals surface area contributed by atoms with Crippen LogP contribution in [0.5, 0.6) is 0 Å². The van der Waals surface area contributed by atoms with E-state index in [1.165, 1.54) is 35.1 Å². The number of aryl methyl sites for hydroxylation is 1. The minimum absolute atomic E-state index is 0.0231. The Morgan fingerprint density at radius 1 is 0.971 bits per heavy atom. The van der Waals surface area contributed by atoms with Crippen LogP contribution < -0.4 is 4.90 Å². The van der Waals surface area contributed by atoms with Gasteiger partial charge in [-0.2, -0.15) is 4.99 Å². The maximum absolute atomic E-state index is 12.5. The van der Waals surface area contributed by atoms with Gasteiger partial charge in [0.1, 0.15) is 11.5 Å². The highest BCUT2D eigenvalue weighted by Crippen LogP contribution is 2.32. The SMILES string of the molecule is Cc1ccc(N2CCN(C3=NC(=O)/C(=C\c4ccc(-c5ccc([N+](=O)[O-])cc5)o4)S3)CC2)cc1. The van der Waals surface area contributed by atoms with Gasteiger partial charge in [-0.1, -0.05) is 17.7 Å². The number of benzene rings is 2. The van der Waals surface area contributed by atoms with Gasteiger partial charge in [-0.3, -0.25) is 14.9 Å². The molecule has 2 aliphatic heterocycles. The summed E-state index contributed by atoms with van der Waals surface area (Å²) in [7, 11) is 0. The van der Waals surface area contributed by atoms with Crippen molar-refractivity contribution in [1.82, 2.24) is 4.90 Å². The summed E-state index contributed by atoms with van der Waals surface area (Å²) in [6, 6.07) is 18.2. The third-order valence-corrected chi connectivity index (χ3v) is 6.87. The van der Waals surface area contributed by atoms with Crippen molar-refractivity contribution in [3.63, 3.8) is 0 Å². The van der Waals surface area contributed by atoms with E-state index in [-0.39, 0.29) is 11.6 Å². The van der Waals surface area contributed by atoms with Gasteiger partial charge >= 0.3 is 0 Å². The number of nitro benzene ring substituents is 1. The predicted molar refractivity (Wildman–Crippen MR) is 134 cm³/mol. The highest BCUT2D eigenvalue weighted by Gasteiger charge is 2.29. The van der Waals surface area contributed by atoms with Crippen LogP contribution in [-0.4, -0.2) is 47.1 Å². The lowest BCUT2D eigenvalue weighted by Crippen LogP contribution is -2.47. The lowest BCUT2D eigenvalue weighted by Gasteiger charge is -2.36. The summed E-state index contributed by atoms with van der Waals surface area (Å²) < 4.78 is 5.85. The molecule has 0 N–H and O–H groups in total. The molecule has 9 heteroatoms. The first-order chi connectivity index (χ1) is 16.5. The number of thioether (sulfide) groups is 1. The van der Waals surface area contributed by atoms with E-state index in [0.29, 0.717) is 16.4 Å². The van der Waals surface area contributed by atoms with Gasteiger partial charge in [0.25, 0.3) is 11.6 Å². The number of anilines is 1. The average molecular weight is 475 g/mol. The lowest BCUT2D eigenvalue weighted by atomic mass is 10.1. The van der Waals surface area contributed by atoms with Crippen molar-refractivity contribution in [2.24, 2.45) is 4.99 Å². The third-order valence-electron chi connectivity index (χ3n) is 5.82. The van der Waals surface area contributed by atoms with Crippen molar-refractivity contribution in [2.45, 2.75) is 6.92 Å². The number of non-ortho nitro benzene ring substituents is 1. The zero-order valence-electron chi connectivity index (χ0n) is 18.5. The van der Waals surface area contributed by atoms with Crippen molar-refractivity contribution < 1.29 is 14.1 Å². The second-order valence-corrected chi connectivity index (χ2v) is 9.13. The number of hydrogen-bond acceptors (Lipinski definition) is 7. The van der Waals surface area contributed by atoms with Crippen molar-refractivity contribution in [3.05, 3.63) is 87.0 Å². The molecule has 1 aromatic heterocycles. The molecule has 2 aromatic carbocycles. The van der Waals surface area contributed by atoms with Crippen molar-refractivity contribution in [3.8, 4) is 11.3 Å². The van der Waals surface area contributed by atoms with Crippen molar-refractivity contribution in [1.29, 1.82) is 0 Å². The van der Waals surface area contributed by atoms with Gasteiger partial charge in [-0.05, 0) is 55.1 Å². The number of carbonyl (C=O) groups excluding carboxylic acids is 1. The maximum Gasteiger partial charge on any atom is 0.286 e. The van der Waals surface area contributed by atoms with E-state index in [2.05, 4.69) is 46.0 Å². The summed E-state index contributed by atoms with van der Waals surface area (Å²) in [5.74, 6) is 0.838. The molecule has 5 rings (SSSR count). The number of nitro groups is 1. The Bertz CT molecular complexity index is 1290. The van der Waals surface area contributed by atoms with Crippen LogP contribution in [0.3, 0.4) is 0 Å². The molecule has 0 atom stereocenters. The maximum atomic E-state index is 12.5. The predicted octanol–water partition coefficient (Wildman–Crippen LogP) is 4.96. The van der Waals surface area contributed by atoms with Crippen LogP contribution >= 0.6 is 11.8 Å². The minimum atomic E-state index is -0.440. The molecule has 0 unspecified atom stereocenters. The van der Waals surface area contributed by atoms with Gasteiger partial charge < -0.3 is 14.2 Å². The summed E-state index contributed by atoms with van der Waals surface area (Å²) in [5, 5.41) is 11.6. The van der Waals surface area contributed by atoms with E-state index >= 15 is 0 Å². The molecule has 1 amide bonds. The van der Waals surface area contributed by atoms with E-state index in [1.807, 2.05) is 0 Å². The molecular formula is C25H22N4O4S. The summed E-state index contributed by atoms with van der Waals surface area (Å²) in [6.45, 7) is 5.41. The van der Waals surface area contributed by atoms with Gasteiger partial charge in [0, 0.05) is 55.6 Å². The number of hydrogen-bond donors (Lipinski definition) is 0. The quantitative estimate of drug-likeness (QED) is 0.300. The third kappa shape index (κ3) is 4.60. The number of furan rings is 1. The van der Waals surface area contributed by atoms with Crippen LogP contribution in [0.25, 0.3) is 17.4 Å². The molecule has 2 aliphatic rings. The zero-order chi connectivity index (χ0) is 23.7. The topological polar surface area (TPSA) is 92.2 Å². The van der Waals surface area contributed by atoms with Crippen LogP contribution in [0.2, 0.25) is 0 Å². The summed E-state index contributed by atoms with van der Waals surface area (Å²) in [4.78, 5) is 32.2. The normalized spacial score (nSPS) is 17.4. The van der Waals surface area contributed by atoms with E-state index in [0.717, 1.165) is 36.9 Å². The molecule has 0 aliphatic carbocycles. The monoisotopic (exact) mass is 474 g/mol. The van der Waals surface area contributed by atoms with E-state index in [1.54, 1.807) is 30.3 Å². The molecule has 3 heterocycles. The first-order valence-corrected chi connectivity index (χ1v) is 11.7. The fourth-order valence-corrected chi connectivity index (χ4v) is 4.85.